The quantitative estimate of drug-likeness (QED) is 0.822. The molecule has 0 aromatic heterocycles. The molecule has 0 fully saturated rings. The van der Waals surface area contributed by atoms with Crippen molar-refractivity contribution in [2.45, 2.75) is 4.90 Å². The Morgan fingerprint density at radius 3 is 2.52 bits per heavy atom. The van der Waals surface area contributed by atoms with Gasteiger partial charge < -0.3 is 5.32 Å². The maximum Gasteiger partial charge on any atom is 0.244 e. The van der Waals surface area contributed by atoms with Crippen molar-refractivity contribution in [1.82, 2.24) is 4.31 Å². The molecule has 2 aromatic carbocycles. The fourth-order valence-corrected chi connectivity index (χ4v) is 3.77. The second kappa shape index (κ2) is 7.65. The third kappa shape index (κ3) is 4.66. The van der Waals surface area contributed by atoms with E-state index < -0.39 is 39.8 Å². The summed E-state index contributed by atoms with van der Waals surface area (Å²) in [5, 5.41) is 2.21. The second-order valence-electron chi connectivity index (χ2n) is 5.01. The molecule has 0 heterocycles. The maximum atomic E-state index is 13.5. The van der Waals surface area contributed by atoms with E-state index >= 15 is 0 Å². The van der Waals surface area contributed by atoms with Gasteiger partial charge in [-0.05, 0) is 30.3 Å². The lowest BCUT2D eigenvalue weighted by molar-refractivity contribution is -0.116. The summed E-state index contributed by atoms with van der Waals surface area (Å²) >= 11 is 11.6. The molecule has 0 saturated carbocycles. The van der Waals surface area contributed by atoms with Crippen LogP contribution in [0.5, 0.6) is 0 Å². The molecule has 1 amide bonds. The third-order valence-electron chi connectivity index (χ3n) is 3.15. The van der Waals surface area contributed by atoms with Crippen LogP contribution in [0.3, 0.4) is 0 Å². The first-order valence-electron chi connectivity index (χ1n) is 6.77. The number of hydrogen-bond donors (Lipinski definition) is 1. The molecule has 0 unspecified atom stereocenters. The van der Waals surface area contributed by atoms with E-state index in [4.69, 9.17) is 23.2 Å². The van der Waals surface area contributed by atoms with E-state index in [0.29, 0.717) is 0 Å². The lowest BCUT2D eigenvalue weighted by Gasteiger charge is -2.18. The summed E-state index contributed by atoms with van der Waals surface area (Å²) < 4.78 is 52.3. The monoisotopic (exact) mass is 408 g/mol. The van der Waals surface area contributed by atoms with Crippen LogP contribution in [0.4, 0.5) is 14.5 Å². The van der Waals surface area contributed by atoms with Crippen molar-refractivity contribution < 1.29 is 22.0 Å². The van der Waals surface area contributed by atoms with Crippen molar-refractivity contribution in [1.29, 1.82) is 0 Å². The summed E-state index contributed by atoms with van der Waals surface area (Å²) in [6.45, 7) is -0.638. The van der Waals surface area contributed by atoms with Gasteiger partial charge in [-0.1, -0.05) is 23.2 Å². The Morgan fingerprint density at radius 2 is 1.84 bits per heavy atom. The highest BCUT2D eigenvalue weighted by Gasteiger charge is 2.26. The lowest BCUT2D eigenvalue weighted by Crippen LogP contribution is -2.35. The molecule has 0 aliphatic rings. The Labute approximate surface area is 153 Å². The van der Waals surface area contributed by atoms with Crippen LogP contribution in [-0.4, -0.2) is 32.2 Å². The van der Waals surface area contributed by atoms with Gasteiger partial charge in [0.25, 0.3) is 0 Å². The summed E-state index contributed by atoms with van der Waals surface area (Å²) in [4.78, 5) is 11.7. The summed E-state index contributed by atoms with van der Waals surface area (Å²) in [7, 11) is -2.96. The van der Waals surface area contributed by atoms with Gasteiger partial charge >= 0.3 is 0 Å². The number of amides is 1. The maximum absolute atomic E-state index is 13.5. The largest absolute Gasteiger partial charge is 0.322 e. The number of nitrogens with zero attached hydrogens (tertiary/aromatic N) is 1. The van der Waals surface area contributed by atoms with Crippen LogP contribution in [0.15, 0.2) is 41.3 Å². The van der Waals surface area contributed by atoms with E-state index in [-0.39, 0.29) is 14.9 Å². The molecule has 0 aliphatic heterocycles. The number of hydrogen-bond acceptors (Lipinski definition) is 3. The van der Waals surface area contributed by atoms with Crippen LogP contribution in [0, 0.1) is 11.6 Å². The van der Waals surface area contributed by atoms with E-state index in [1.165, 1.54) is 12.1 Å². The highest BCUT2D eigenvalue weighted by molar-refractivity contribution is 7.89. The molecule has 0 radical (unpaired) electrons. The van der Waals surface area contributed by atoms with Crippen LogP contribution in [0.25, 0.3) is 0 Å². The summed E-state index contributed by atoms with van der Waals surface area (Å²) in [6, 6.07) is 6.41. The van der Waals surface area contributed by atoms with E-state index in [0.717, 1.165) is 35.6 Å². The van der Waals surface area contributed by atoms with E-state index in [2.05, 4.69) is 5.32 Å². The highest BCUT2D eigenvalue weighted by Crippen LogP contribution is 2.27. The Kier molecular flexibility index (Phi) is 5.99. The van der Waals surface area contributed by atoms with Crippen molar-refractivity contribution in [3.63, 3.8) is 0 Å². The summed E-state index contributed by atoms with van der Waals surface area (Å²) in [5.41, 5.74) is -0.392. The molecule has 0 atom stereocenters. The average Bonchev–Trinajstić information content (AvgIpc) is 2.53. The van der Waals surface area contributed by atoms with Gasteiger partial charge in [-0.25, -0.2) is 17.2 Å². The SMILES string of the molecule is CN(CC(=O)Nc1cc(F)ccc1F)S(=O)(=O)c1cc(Cl)ccc1Cl. The predicted molar refractivity (Wildman–Crippen MR) is 91.3 cm³/mol. The van der Waals surface area contributed by atoms with Gasteiger partial charge in [0.15, 0.2) is 0 Å². The van der Waals surface area contributed by atoms with Crippen LogP contribution >= 0.6 is 23.2 Å². The minimum atomic E-state index is -4.11. The number of rotatable bonds is 5. The number of carbonyl (C=O) groups excluding carboxylic acids is 1. The number of carbonyl (C=O) groups is 1. The number of likely N-dealkylation sites (N-methyl/N-ethyl adjacent to an activating group) is 1. The van der Waals surface area contributed by atoms with Crippen molar-refractivity contribution in [3.8, 4) is 0 Å². The lowest BCUT2D eigenvalue weighted by atomic mass is 10.3. The number of nitrogens with one attached hydrogen (secondary N) is 1. The molecule has 25 heavy (non-hydrogen) atoms. The van der Waals surface area contributed by atoms with Crippen LogP contribution in [0.1, 0.15) is 0 Å². The average molecular weight is 409 g/mol. The van der Waals surface area contributed by atoms with Crippen molar-refractivity contribution in [2.24, 2.45) is 0 Å². The molecule has 2 rings (SSSR count). The first kappa shape index (κ1) is 19.6. The van der Waals surface area contributed by atoms with E-state index in [9.17, 15) is 22.0 Å². The van der Waals surface area contributed by atoms with E-state index in [1.54, 1.807) is 0 Å². The minimum Gasteiger partial charge on any atom is -0.322 e. The second-order valence-corrected chi connectivity index (χ2v) is 7.87. The van der Waals surface area contributed by atoms with Gasteiger partial charge in [-0.3, -0.25) is 4.79 Å². The minimum absolute atomic E-state index is 0.0622. The predicted octanol–water partition coefficient (Wildman–Crippen LogP) is 3.53. The standard InChI is InChI=1S/C15H12Cl2F2N2O3S/c1-21(25(23,24)14-6-9(16)2-4-11(14)17)8-15(22)20-13-7-10(18)3-5-12(13)19/h2-7H,8H2,1H3,(H,20,22). The fraction of sp³-hybridized carbons (Fsp3) is 0.133. The smallest absolute Gasteiger partial charge is 0.244 e. The molecule has 1 N–H and O–H groups in total. The molecule has 0 spiro atoms. The van der Waals surface area contributed by atoms with Gasteiger partial charge in [0, 0.05) is 18.1 Å². The molecule has 0 aliphatic carbocycles. The Morgan fingerprint density at radius 1 is 1.16 bits per heavy atom. The highest BCUT2D eigenvalue weighted by atomic mass is 35.5. The Balaban J connectivity index is 2.17. The van der Waals surface area contributed by atoms with Gasteiger partial charge in [0.2, 0.25) is 15.9 Å². The number of anilines is 1. The van der Waals surface area contributed by atoms with Crippen molar-refractivity contribution >= 4 is 44.8 Å². The first-order valence-corrected chi connectivity index (χ1v) is 8.97. The normalized spacial score (nSPS) is 11.6. The number of sulfonamides is 1. The van der Waals surface area contributed by atoms with Crippen LogP contribution < -0.4 is 5.32 Å². The fourth-order valence-electron chi connectivity index (χ4n) is 1.91. The van der Waals surface area contributed by atoms with Crippen LogP contribution in [0.2, 0.25) is 10.0 Å². The third-order valence-corrected chi connectivity index (χ3v) is 5.67. The number of benzene rings is 2. The molecule has 2 aromatic rings. The Bertz CT molecular complexity index is 923. The molecular weight excluding hydrogens is 397 g/mol. The molecule has 10 heteroatoms. The topological polar surface area (TPSA) is 66.5 Å². The molecule has 5 nitrogen and oxygen atoms in total. The van der Waals surface area contributed by atoms with Gasteiger partial charge in [-0.15, -0.1) is 0 Å². The molecule has 0 saturated heterocycles. The van der Waals surface area contributed by atoms with Crippen molar-refractivity contribution in [3.05, 3.63) is 58.1 Å². The molecular formula is C15H12Cl2F2N2O3S. The van der Waals surface area contributed by atoms with Gasteiger partial charge in [-0.2, -0.15) is 4.31 Å². The molecule has 0 bridgehead atoms. The first-order chi connectivity index (χ1) is 11.6. The van der Waals surface area contributed by atoms with Gasteiger partial charge in [0.1, 0.15) is 16.5 Å². The van der Waals surface area contributed by atoms with Crippen LogP contribution in [-0.2, 0) is 14.8 Å². The Hall–Kier alpha value is -1.74. The number of halogens is 4. The van der Waals surface area contributed by atoms with Crippen molar-refractivity contribution in [2.75, 3.05) is 18.9 Å². The zero-order valence-corrected chi connectivity index (χ0v) is 15.1. The summed E-state index contributed by atoms with van der Waals surface area (Å²) in [5.74, 6) is -2.45. The summed E-state index contributed by atoms with van der Waals surface area (Å²) in [6.07, 6.45) is 0. The van der Waals surface area contributed by atoms with E-state index in [1.807, 2.05) is 0 Å². The molecule has 134 valence electrons. The van der Waals surface area contributed by atoms with Gasteiger partial charge in [0.05, 0.1) is 17.3 Å². The zero-order valence-electron chi connectivity index (χ0n) is 12.8. The zero-order chi connectivity index (χ0) is 18.8.